The maximum Gasteiger partial charge on any atom is 0.183 e. The maximum absolute atomic E-state index is 5.47. The molecule has 96 valence electrons. The van der Waals surface area contributed by atoms with Crippen LogP contribution in [0.4, 0.5) is 0 Å². The number of ether oxygens (including phenoxy) is 1. The van der Waals surface area contributed by atoms with Gasteiger partial charge in [-0.15, -0.1) is 0 Å². The highest BCUT2D eigenvalue weighted by Crippen LogP contribution is 2.22. The minimum absolute atomic E-state index is 0.507. The van der Waals surface area contributed by atoms with Gasteiger partial charge in [-0.3, -0.25) is 5.10 Å². The predicted molar refractivity (Wildman–Crippen MR) is 68.1 cm³/mol. The van der Waals surface area contributed by atoms with E-state index in [0.717, 1.165) is 37.1 Å². The lowest BCUT2D eigenvalue weighted by Crippen LogP contribution is -2.39. The smallest absolute Gasteiger partial charge is 0.183 e. The molecule has 0 bridgehead atoms. The van der Waals surface area contributed by atoms with Crippen LogP contribution in [0.3, 0.4) is 0 Å². The third-order valence-electron chi connectivity index (χ3n) is 2.98. The monoisotopic (exact) mass is 256 g/mol. The lowest BCUT2D eigenvalue weighted by Gasteiger charge is -2.22. The molecule has 0 spiro atoms. The molecule has 1 saturated heterocycles. The minimum Gasteiger partial charge on any atom is -0.381 e. The van der Waals surface area contributed by atoms with Crippen molar-refractivity contribution in [3.8, 4) is 0 Å². The summed E-state index contributed by atoms with van der Waals surface area (Å²) in [5.41, 5.74) is 0. The fourth-order valence-electron chi connectivity index (χ4n) is 1.99. The second kappa shape index (κ2) is 6.98. The Balaban J connectivity index is 1.81. The molecule has 1 aromatic heterocycles. The summed E-state index contributed by atoms with van der Waals surface area (Å²) < 4.78 is 5.47. The van der Waals surface area contributed by atoms with Gasteiger partial charge in [0.25, 0.3) is 0 Å². The van der Waals surface area contributed by atoms with Gasteiger partial charge < -0.3 is 10.1 Å². The molecule has 2 heterocycles. The van der Waals surface area contributed by atoms with Crippen molar-refractivity contribution in [2.45, 2.75) is 31.0 Å². The number of hydrogen-bond acceptors (Lipinski definition) is 5. The van der Waals surface area contributed by atoms with Crippen LogP contribution < -0.4 is 5.32 Å². The Kier molecular flexibility index (Phi) is 5.28. The molecule has 1 aliphatic rings. The summed E-state index contributed by atoms with van der Waals surface area (Å²) >= 11 is 1.73. The van der Waals surface area contributed by atoms with Gasteiger partial charge in [-0.1, -0.05) is 18.7 Å². The van der Waals surface area contributed by atoms with Crippen LogP contribution in [-0.2, 0) is 4.74 Å². The van der Waals surface area contributed by atoms with Gasteiger partial charge in [-0.25, -0.2) is 4.98 Å². The Hall–Kier alpha value is -0.590. The Labute approximate surface area is 106 Å². The highest BCUT2D eigenvalue weighted by molar-refractivity contribution is 7.99. The van der Waals surface area contributed by atoms with E-state index >= 15 is 0 Å². The molecule has 2 rings (SSSR count). The van der Waals surface area contributed by atoms with Gasteiger partial charge >= 0.3 is 0 Å². The van der Waals surface area contributed by atoms with Crippen molar-refractivity contribution in [3.63, 3.8) is 0 Å². The third-order valence-corrected chi connectivity index (χ3v) is 3.98. The van der Waals surface area contributed by atoms with Crippen LogP contribution in [0, 0.1) is 5.92 Å². The zero-order valence-electron chi connectivity index (χ0n) is 10.2. The lowest BCUT2D eigenvalue weighted by molar-refractivity contribution is 0.179. The first kappa shape index (κ1) is 12.9. The number of hydrogen-bond donors (Lipinski definition) is 2. The minimum atomic E-state index is 0.507. The molecular weight excluding hydrogens is 236 g/mol. The molecule has 2 unspecified atom stereocenters. The predicted octanol–water partition coefficient (Wildman–Crippen LogP) is 1.30. The van der Waals surface area contributed by atoms with Gasteiger partial charge in [0.15, 0.2) is 5.16 Å². The van der Waals surface area contributed by atoms with E-state index in [1.807, 2.05) is 0 Å². The zero-order valence-corrected chi connectivity index (χ0v) is 11.0. The standard InChI is InChI=1S/C11H20N4OS/c1-2-4-12-10(9-3-5-16-6-9)7-17-11-13-8-14-15-11/h8-10,12H,2-7H2,1H3,(H,13,14,15). The van der Waals surface area contributed by atoms with Gasteiger partial charge in [0.2, 0.25) is 0 Å². The molecule has 2 N–H and O–H groups in total. The number of rotatable bonds is 7. The van der Waals surface area contributed by atoms with Crippen molar-refractivity contribution >= 4 is 11.8 Å². The van der Waals surface area contributed by atoms with Crippen LogP contribution in [0.2, 0.25) is 0 Å². The molecule has 1 fully saturated rings. The summed E-state index contributed by atoms with van der Waals surface area (Å²) in [6, 6.07) is 0.507. The molecular formula is C11H20N4OS. The van der Waals surface area contributed by atoms with Gasteiger partial charge in [0, 0.05) is 24.3 Å². The van der Waals surface area contributed by atoms with E-state index in [1.54, 1.807) is 18.1 Å². The summed E-state index contributed by atoms with van der Waals surface area (Å²) in [6.45, 7) is 5.05. The Morgan fingerprint density at radius 2 is 2.65 bits per heavy atom. The topological polar surface area (TPSA) is 62.8 Å². The van der Waals surface area contributed by atoms with E-state index in [4.69, 9.17) is 4.74 Å². The summed E-state index contributed by atoms with van der Waals surface area (Å²) in [5, 5.41) is 11.2. The first-order valence-electron chi connectivity index (χ1n) is 6.19. The summed E-state index contributed by atoms with van der Waals surface area (Å²) in [5.74, 6) is 1.65. The van der Waals surface area contributed by atoms with E-state index in [2.05, 4.69) is 27.4 Å². The molecule has 6 heteroatoms. The van der Waals surface area contributed by atoms with Crippen LogP contribution in [0.25, 0.3) is 0 Å². The number of nitrogens with one attached hydrogen (secondary N) is 2. The lowest BCUT2D eigenvalue weighted by atomic mass is 10.0. The van der Waals surface area contributed by atoms with Crippen molar-refractivity contribution < 1.29 is 4.74 Å². The summed E-state index contributed by atoms with van der Waals surface area (Å²) in [7, 11) is 0. The highest BCUT2D eigenvalue weighted by atomic mass is 32.2. The zero-order chi connectivity index (χ0) is 11.9. The number of H-pyrrole nitrogens is 1. The van der Waals surface area contributed by atoms with Crippen molar-refractivity contribution in [1.29, 1.82) is 0 Å². The highest BCUT2D eigenvalue weighted by Gasteiger charge is 2.25. The van der Waals surface area contributed by atoms with Crippen LogP contribution in [-0.4, -0.2) is 46.7 Å². The van der Waals surface area contributed by atoms with Gasteiger partial charge in [0.1, 0.15) is 6.33 Å². The molecule has 17 heavy (non-hydrogen) atoms. The first-order chi connectivity index (χ1) is 8.40. The van der Waals surface area contributed by atoms with Crippen LogP contribution in [0.1, 0.15) is 19.8 Å². The molecule has 0 amide bonds. The van der Waals surface area contributed by atoms with E-state index in [1.165, 1.54) is 6.42 Å². The fourth-order valence-corrected chi connectivity index (χ4v) is 2.96. The van der Waals surface area contributed by atoms with Crippen LogP contribution in [0.5, 0.6) is 0 Å². The number of aromatic nitrogens is 3. The Bertz CT molecular complexity index is 300. The number of nitrogens with zero attached hydrogens (tertiary/aromatic N) is 2. The van der Waals surface area contributed by atoms with Crippen molar-refractivity contribution in [1.82, 2.24) is 20.5 Å². The molecule has 0 radical (unpaired) electrons. The molecule has 1 aromatic rings. The molecule has 0 aromatic carbocycles. The van der Waals surface area contributed by atoms with Gasteiger partial charge in [-0.2, -0.15) is 5.10 Å². The molecule has 2 atom stereocenters. The second-order valence-corrected chi connectivity index (χ2v) is 5.29. The molecule has 1 aliphatic heterocycles. The average Bonchev–Trinajstić information content (AvgIpc) is 3.01. The van der Waals surface area contributed by atoms with Gasteiger partial charge in [-0.05, 0) is 19.4 Å². The fraction of sp³-hybridized carbons (Fsp3) is 0.818. The van der Waals surface area contributed by atoms with Crippen molar-refractivity contribution in [2.75, 3.05) is 25.5 Å². The van der Waals surface area contributed by atoms with E-state index < -0.39 is 0 Å². The Morgan fingerprint density at radius 1 is 1.71 bits per heavy atom. The molecule has 0 aliphatic carbocycles. The SMILES string of the molecule is CCCNC(CSc1ncn[nH]1)C1CCOC1. The molecule has 5 nitrogen and oxygen atoms in total. The van der Waals surface area contributed by atoms with Crippen LogP contribution >= 0.6 is 11.8 Å². The summed E-state index contributed by atoms with van der Waals surface area (Å²) in [6.07, 6.45) is 3.88. The van der Waals surface area contributed by atoms with Crippen molar-refractivity contribution in [3.05, 3.63) is 6.33 Å². The van der Waals surface area contributed by atoms with Gasteiger partial charge in [0.05, 0.1) is 6.61 Å². The summed E-state index contributed by atoms with van der Waals surface area (Å²) in [4.78, 5) is 4.13. The largest absolute Gasteiger partial charge is 0.381 e. The number of thioether (sulfide) groups is 1. The second-order valence-electron chi connectivity index (χ2n) is 4.29. The normalized spacial score (nSPS) is 21.8. The maximum atomic E-state index is 5.47. The van der Waals surface area contributed by atoms with E-state index in [-0.39, 0.29) is 0 Å². The third kappa shape index (κ3) is 3.97. The van der Waals surface area contributed by atoms with Crippen molar-refractivity contribution in [2.24, 2.45) is 5.92 Å². The van der Waals surface area contributed by atoms with E-state index in [0.29, 0.717) is 12.0 Å². The average molecular weight is 256 g/mol. The number of aromatic amines is 1. The quantitative estimate of drug-likeness (QED) is 0.720. The Morgan fingerprint density at radius 3 is 3.29 bits per heavy atom. The van der Waals surface area contributed by atoms with E-state index in [9.17, 15) is 0 Å². The van der Waals surface area contributed by atoms with Crippen LogP contribution in [0.15, 0.2) is 11.5 Å². The first-order valence-corrected chi connectivity index (χ1v) is 7.18. The molecule has 0 saturated carbocycles.